The standard InChI is InChI=1S/C26H44B.Li/c1-4-7-10-16-22-27(23-17-11-8-5-2,24-18-12-9-6-3)25-21-26-19-14-13-15-20-26;/h13-15,19-20H,4-12,16-18,22-24H2,1-3H3;/q-1;+1. The molecule has 1 rings (SSSR count). The fourth-order valence-electron chi connectivity index (χ4n) is 4.29. The minimum atomic E-state index is -0.538. The van der Waals surface area contributed by atoms with E-state index in [0.717, 1.165) is 0 Å². The molecule has 0 N–H and O–H groups in total. The van der Waals surface area contributed by atoms with Gasteiger partial charge in [0.2, 0.25) is 0 Å². The third-order valence-corrected chi connectivity index (χ3v) is 6.13. The second-order valence-electron chi connectivity index (χ2n) is 8.66. The average Bonchev–Trinajstić information content (AvgIpc) is 2.71. The normalized spacial score (nSPS) is 10.8. The Morgan fingerprint density at radius 3 is 1.43 bits per heavy atom. The molecular formula is C26H44BLi. The van der Waals surface area contributed by atoms with Crippen LogP contribution in [0, 0.1) is 11.7 Å². The van der Waals surface area contributed by atoms with Gasteiger partial charge < -0.3 is 5.82 Å². The molecule has 1 aromatic rings. The van der Waals surface area contributed by atoms with E-state index in [9.17, 15) is 0 Å². The van der Waals surface area contributed by atoms with E-state index in [1.54, 1.807) is 0 Å². The van der Waals surface area contributed by atoms with Gasteiger partial charge in [-0.25, -0.2) is 0 Å². The summed E-state index contributed by atoms with van der Waals surface area (Å²) in [6.45, 7) is 6.93. The van der Waals surface area contributed by atoms with Crippen molar-refractivity contribution in [2.75, 3.05) is 0 Å². The van der Waals surface area contributed by atoms with E-state index in [1.165, 1.54) is 102 Å². The van der Waals surface area contributed by atoms with Gasteiger partial charge >= 0.3 is 18.9 Å². The van der Waals surface area contributed by atoms with E-state index in [0.29, 0.717) is 0 Å². The summed E-state index contributed by atoms with van der Waals surface area (Å²) >= 11 is 0. The molecule has 152 valence electrons. The number of benzene rings is 1. The van der Waals surface area contributed by atoms with Crippen LogP contribution >= 0.6 is 0 Å². The minimum Gasteiger partial charge on any atom is -0.309 e. The first kappa shape index (κ1) is 27.4. The zero-order chi connectivity index (χ0) is 19.6. The molecule has 0 fully saturated rings. The molecule has 0 nitrogen and oxygen atoms in total. The second kappa shape index (κ2) is 18.5. The Morgan fingerprint density at radius 2 is 1.04 bits per heavy atom. The van der Waals surface area contributed by atoms with Crippen LogP contribution in [0.15, 0.2) is 30.3 Å². The van der Waals surface area contributed by atoms with E-state index >= 15 is 0 Å². The van der Waals surface area contributed by atoms with Gasteiger partial charge in [0.05, 0.1) is 6.15 Å². The van der Waals surface area contributed by atoms with Crippen molar-refractivity contribution in [3.8, 4) is 11.7 Å². The van der Waals surface area contributed by atoms with Gasteiger partial charge in [-0.3, -0.25) is 0 Å². The number of rotatable bonds is 15. The van der Waals surface area contributed by atoms with Gasteiger partial charge in [0, 0.05) is 5.56 Å². The van der Waals surface area contributed by atoms with E-state index in [4.69, 9.17) is 0 Å². The Morgan fingerprint density at radius 1 is 0.607 bits per heavy atom. The van der Waals surface area contributed by atoms with Crippen LogP contribution in [-0.4, -0.2) is 6.15 Å². The summed E-state index contributed by atoms with van der Waals surface area (Å²) in [5.41, 5.74) is 1.19. The molecule has 0 aliphatic carbocycles. The van der Waals surface area contributed by atoms with Crippen LogP contribution in [0.3, 0.4) is 0 Å². The zero-order valence-corrected chi connectivity index (χ0v) is 19.6. The number of hydrogen-bond donors (Lipinski definition) is 0. The quantitative estimate of drug-likeness (QED) is 0.208. The van der Waals surface area contributed by atoms with Crippen molar-refractivity contribution in [1.29, 1.82) is 0 Å². The van der Waals surface area contributed by atoms with E-state index in [-0.39, 0.29) is 18.9 Å². The molecule has 1 aromatic carbocycles. The maximum absolute atomic E-state index is 3.89. The fourth-order valence-corrected chi connectivity index (χ4v) is 4.29. The summed E-state index contributed by atoms with van der Waals surface area (Å²) < 4.78 is 0. The van der Waals surface area contributed by atoms with Gasteiger partial charge in [0.1, 0.15) is 0 Å². The first-order valence-corrected chi connectivity index (χ1v) is 12.0. The predicted molar refractivity (Wildman–Crippen MR) is 126 cm³/mol. The third-order valence-electron chi connectivity index (χ3n) is 6.13. The summed E-state index contributed by atoms with van der Waals surface area (Å²) in [4.78, 5) is 0. The SMILES string of the molecule is CCCCCC[B-](C#Cc1ccccc1)(CCCCCC)CCCCCC.[Li+]. The van der Waals surface area contributed by atoms with Crippen molar-refractivity contribution in [2.24, 2.45) is 0 Å². The van der Waals surface area contributed by atoms with Crippen LogP contribution in [-0.2, 0) is 0 Å². The van der Waals surface area contributed by atoms with Gasteiger partial charge in [-0.15, -0.1) is 5.92 Å². The fraction of sp³-hybridized carbons (Fsp3) is 0.692. The van der Waals surface area contributed by atoms with Crippen LogP contribution in [0.1, 0.15) is 103 Å². The number of hydrogen-bond acceptors (Lipinski definition) is 0. The maximum atomic E-state index is 3.89. The average molecular weight is 374 g/mol. The first-order chi connectivity index (χ1) is 13.3. The van der Waals surface area contributed by atoms with Gasteiger partial charge in [0.15, 0.2) is 0 Å². The maximum Gasteiger partial charge on any atom is 1.00 e. The van der Waals surface area contributed by atoms with Crippen LogP contribution in [0.2, 0.25) is 19.0 Å². The Bertz CT molecular complexity index is 483. The Kier molecular flexibility index (Phi) is 18.1. The van der Waals surface area contributed by atoms with Crippen molar-refractivity contribution >= 4 is 6.15 Å². The smallest absolute Gasteiger partial charge is 0.309 e. The van der Waals surface area contributed by atoms with Crippen LogP contribution < -0.4 is 18.9 Å². The molecule has 0 saturated carbocycles. The molecule has 0 aliphatic rings. The molecule has 0 bridgehead atoms. The molecule has 0 saturated heterocycles. The zero-order valence-electron chi connectivity index (χ0n) is 19.6. The molecular weight excluding hydrogens is 330 g/mol. The number of unbranched alkanes of at least 4 members (excludes halogenated alkanes) is 9. The Balaban J connectivity index is 0.00000729. The topological polar surface area (TPSA) is 0 Å². The molecule has 2 heteroatoms. The van der Waals surface area contributed by atoms with Crippen LogP contribution in [0.5, 0.6) is 0 Å². The molecule has 0 spiro atoms. The molecule has 0 atom stereocenters. The summed E-state index contributed by atoms with van der Waals surface area (Å²) in [5, 5.41) is 0. The molecule has 0 aliphatic heterocycles. The monoisotopic (exact) mass is 374 g/mol. The Labute approximate surface area is 189 Å². The van der Waals surface area contributed by atoms with Crippen molar-refractivity contribution in [3.63, 3.8) is 0 Å². The summed E-state index contributed by atoms with van der Waals surface area (Å²) in [5.74, 6) is 7.48. The minimum absolute atomic E-state index is 0. The van der Waals surface area contributed by atoms with Gasteiger partial charge in [-0.1, -0.05) is 116 Å². The third kappa shape index (κ3) is 12.8. The van der Waals surface area contributed by atoms with Gasteiger partial charge in [-0.2, -0.15) is 19.0 Å². The van der Waals surface area contributed by atoms with Crippen LogP contribution in [0.4, 0.5) is 0 Å². The molecule has 0 amide bonds. The molecule has 0 unspecified atom stereocenters. The van der Waals surface area contributed by atoms with Crippen molar-refractivity contribution in [3.05, 3.63) is 35.9 Å². The Hall–Kier alpha value is -0.558. The van der Waals surface area contributed by atoms with Gasteiger partial charge in [-0.05, 0) is 12.1 Å². The van der Waals surface area contributed by atoms with E-state index < -0.39 is 6.15 Å². The molecule has 0 radical (unpaired) electrons. The summed E-state index contributed by atoms with van der Waals surface area (Å²) in [6, 6.07) is 10.6. The largest absolute Gasteiger partial charge is 1.00 e. The predicted octanol–water partition coefficient (Wildman–Crippen LogP) is 5.77. The molecule has 0 heterocycles. The summed E-state index contributed by atoms with van der Waals surface area (Å²) in [6.07, 6.45) is 19.9. The second-order valence-corrected chi connectivity index (χ2v) is 8.66. The van der Waals surface area contributed by atoms with Crippen LogP contribution in [0.25, 0.3) is 0 Å². The molecule has 0 aromatic heterocycles. The van der Waals surface area contributed by atoms with Crippen molar-refractivity contribution < 1.29 is 18.9 Å². The molecule has 28 heavy (non-hydrogen) atoms. The van der Waals surface area contributed by atoms with E-state index in [1.807, 2.05) is 0 Å². The van der Waals surface area contributed by atoms with Crippen molar-refractivity contribution in [1.82, 2.24) is 0 Å². The first-order valence-electron chi connectivity index (χ1n) is 12.0. The van der Waals surface area contributed by atoms with E-state index in [2.05, 4.69) is 62.8 Å². The summed E-state index contributed by atoms with van der Waals surface area (Å²) in [7, 11) is 0. The van der Waals surface area contributed by atoms with Crippen molar-refractivity contribution in [2.45, 2.75) is 117 Å². The van der Waals surface area contributed by atoms with Gasteiger partial charge in [0.25, 0.3) is 0 Å².